The van der Waals surface area contributed by atoms with E-state index in [9.17, 15) is 9.18 Å². The van der Waals surface area contributed by atoms with E-state index in [1.807, 2.05) is 0 Å². The van der Waals surface area contributed by atoms with Gasteiger partial charge in [0.15, 0.2) is 0 Å². The average molecular weight is 309 g/mol. The average Bonchev–Trinajstić information content (AvgIpc) is 2.34. The van der Waals surface area contributed by atoms with E-state index in [0.717, 1.165) is 0 Å². The van der Waals surface area contributed by atoms with Crippen molar-refractivity contribution in [2.75, 3.05) is 5.32 Å². The summed E-state index contributed by atoms with van der Waals surface area (Å²) in [6.07, 6.45) is 1.52. The van der Waals surface area contributed by atoms with Crippen LogP contribution in [-0.4, -0.2) is 10.9 Å². The second-order valence-corrected chi connectivity index (χ2v) is 4.61. The molecule has 1 aromatic carbocycles. The van der Waals surface area contributed by atoms with Crippen molar-refractivity contribution in [2.45, 2.75) is 6.92 Å². The molecule has 1 heterocycles. The smallest absolute Gasteiger partial charge is 0.275 e. The van der Waals surface area contributed by atoms with E-state index < -0.39 is 0 Å². The number of carbonyl (C=O) groups is 1. The number of benzene rings is 1. The molecule has 1 N–H and O–H groups in total. The SMILES string of the molecule is Cc1ccc(NC(=O)c2ncccc2Br)cc1F. The number of aromatic nitrogens is 1. The highest BCUT2D eigenvalue weighted by Gasteiger charge is 2.11. The maximum Gasteiger partial charge on any atom is 0.275 e. The second-order valence-electron chi connectivity index (χ2n) is 3.75. The lowest BCUT2D eigenvalue weighted by Crippen LogP contribution is -2.14. The fourth-order valence-corrected chi connectivity index (χ4v) is 1.85. The summed E-state index contributed by atoms with van der Waals surface area (Å²) >= 11 is 3.24. The molecule has 0 spiro atoms. The Bertz CT molecular complexity index is 601. The van der Waals surface area contributed by atoms with Crippen LogP contribution in [0.5, 0.6) is 0 Å². The summed E-state index contributed by atoms with van der Waals surface area (Å²) in [5.41, 5.74) is 1.20. The van der Waals surface area contributed by atoms with Gasteiger partial charge in [0.2, 0.25) is 0 Å². The molecule has 2 aromatic rings. The Morgan fingerprint density at radius 3 is 2.83 bits per heavy atom. The van der Waals surface area contributed by atoms with Crippen molar-refractivity contribution in [3.8, 4) is 0 Å². The van der Waals surface area contributed by atoms with Crippen molar-refractivity contribution in [1.82, 2.24) is 4.98 Å². The largest absolute Gasteiger partial charge is 0.321 e. The zero-order valence-corrected chi connectivity index (χ0v) is 11.2. The van der Waals surface area contributed by atoms with Crippen molar-refractivity contribution in [3.05, 3.63) is 58.1 Å². The van der Waals surface area contributed by atoms with E-state index in [1.165, 1.54) is 12.3 Å². The summed E-state index contributed by atoms with van der Waals surface area (Å²) in [4.78, 5) is 15.9. The number of halogens is 2. The third-order valence-corrected chi connectivity index (χ3v) is 3.04. The van der Waals surface area contributed by atoms with Crippen molar-refractivity contribution < 1.29 is 9.18 Å². The minimum absolute atomic E-state index is 0.262. The lowest BCUT2D eigenvalue weighted by molar-refractivity contribution is 0.102. The molecule has 0 saturated heterocycles. The molecule has 1 aromatic heterocycles. The first-order chi connectivity index (χ1) is 8.58. The van der Waals surface area contributed by atoms with Gasteiger partial charge in [-0.05, 0) is 52.7 Å². The molecule has 0 aliphatic rings. The molecule has 0 saturated carbocycles. The third kappa shape index (κ3) is 2.73. The highest BCUT2D eigenvalue weighted by atomic mass is 79.9. The number of nitrogens with zero attached hydrogens (tertiary/aromatic N) is 1. The maximum absolute atomic E-state index is 13.3. The number of pyridine rings is 1. The fourth-order valence-electron chi connectivity index (χ4n) is 1.41. The quantitative estimate of drug-likeness (QED) is 0.922. The molecule has 0 fully saturated rings. The second kappa shape index (κ2) is 5.27. The van der Waals surface area contributed by atoms with Gasteiger partial charge in [0.25, 0.3) is 5.91 Å². The Kier molecular flexibility index (Phi) is 3.72. The van der Waals surface area contributed by atoms with Crippen LogP contribution in [0.2, 0.25) is 0 Å². The summed E-state index contributed by atoms with van der Waals surface area (Å²) in [7, 11) is 0. The number of hydrogen-bond acceptors (Lipinski definition) is 2. The highest BCUT2D eigenvalue weighted by Crippen LogP contribution is 2.17. The van der Waals surface area contributed by atoms with Gasteiger partial charge in [-0.2, -0.15) is 0 Å². The van der Waals surface area contributed by atoms with Crippen LogP contribution in [0.25, 0.3) is 0 Å². The first kappa shape index (κ1) is 12.7. The van der Waals surface area contributed by atoms with Crippen LogP contribution < -0.4 is 5.32 Å². The highest BCUT2D eigenvalue weighted by molar-refractivity contribution is 9.10. The molecule has 3 nitrogen and oxygen atoms in total. The molecule has 0 atom stereocenters. The monoisotopic (exact) mass is 308 g/mol. The van der Waals surface area contributed by atoms with Crippen LogP contribution in [0.4, 0.5) is 10.1 Å². The Hall–Kier alpha value is -1.75. The van der Waals surface area contributed by atoms with Gasteiger partial charge >= 0.3 is 0 Å². The molecule has 0 radical (unpaired) electrons. The van der Waals surface area contributed by atoms with Gasteiger partial charge in [-0.3, -0.25) is 4.79 Å². The fraction of sp³-hybridized carbons (Fsp3) is 0.0769. The van der Waals surface area contributed by atoms with Crippen molar-refractivity contribution in [1.29, 1.82) is 0 Å². The number of aryl methyl sites for hydroxylation is 1. The Morgan fingerprint density at radius 1 is 1.39 bits per heavy atom. The van der Waals surface area contributed by atoms with Crippen LogP contribution in [0, 0.1) is 12.7 Å². The summed E-state index contributed by atoms with van der Waals surface area (Å²) in [5.74, 6) is -0.737. The van der Waals surface area contributed by atoms with E-state index in [4.69, 9.17) is 0 Å². The molecule has 0 aliphatic carbocycles. The number of hydrogen-bond donors (Lipinski definition) is 1. The standard InChI is InChI=1S/C13H10BrFN2O/c1-8-4-5-9(7-11(8)15)17-13(18)12-10(14)3-2-6-16-12/h2-7H,1H3,(H,17,18). The molecule has 0 unspecified atom stereocenters. The number of nitrogens with one attached hydrogen (secondary N) is 1. The summed E-state index contributed by atoms with van der Waals surface area (Å²) < 4.78 is 13.9. The van der Waals surface area contributed by atoms with Crippen molar-refractivity contribution >= 4 is 27.5 Å². The van der Waals surface area contributed by atoms with Crippen LogP contribution in [0.3, 0.4) is 0 Å². The van der Waals surface area contributed by atoms with E-state index in [-0.39, 0.29) is 17.4 Å². The summed E-state index contributed by atoms with van der Waals surface area (Å²) in [5, 5.41) is 2.60. The maximum atomic E-state index is 13.3. The van der Waals surface area contributed by atoms with E-state index in [2.05, 4.69) is 26.2 Å². The van der Waals surface area contributed by atoms with Gasteiger partial charge in [-0.25, -0.2) is 9.37 Å². The molecular formula is C13H10BrFN2O. The molecule has 92 valence electrons. The van der Waals surface area contributed by atoms with Crippen LogP contribution in [0.1, 0.15) is 16.1 Å². The molecule has 0 aliphatic heterocycles. The van der Waals surface area contributed by atoms with Gasteiger partial charge < -0.3 is 5.32 Å². The van der Waals surface area contributed by atoms with Crippen molar-refractivity contribution in [2.24, 2.45) is 0 Å². The van der Waals surface area contributed by atoms with E-state index in [1.54, 1.807) is 31.2 Å². The lowest BCUT2D eigenvalue weighted by Gasteiger charge is -2.06. The van der Waals surface area contributed by atoms with E-state index >= 15 is 0 Å². The Labute approximate surface area is 112 Å². The van der Waals surface area contributed by atoms with Crippen LogP contribution >= 0.6 is 15.9 Å². The molecular weight excluding hydrogens is 299 g/mol. The van der Waals surface area contributed by atoms with Gasteiger partial charge in [-0.1, -0.05) is 6.07 Å². The predicted molar refractivity (Wildman–Crippen MR) is 71.0 cm³/mol. The van der Waals surface area contributed by atoms with Gasteiger partial charge in [-0.15, -0.1) is 0 Å². The van der Waals surface area contributed by atoms with Crippen LogP contribution in [0.15, 0.2) is 41.0 Å². The predicted octanol–water partition coefficient (Wildman–Crippen LogP) is 3.54. The zero-order chi connectivity index (χ0) is 13.1. The van der Waals surface area contributed by atoms with Gasteiger partial charge in [0.05, 0.1) is 0 Å². The van der Waals surface area contributed by atoms with Crippen LogP contribution in [-0.2, 0) is 0 Å². The van der Waals surface area contributed by atoms with E-state index in [0.29, 0.717) is 15.7 Å². The number of rotatable bonds is 2. The lowest BCUT2D eigenvalue weighted by atomic mass is 10.2. The number of anilines is 1. The minimum atomic E-state index is -0.384. The zero-order valence-electron chi connectivity index (χ0n) is 9.58. The van der Waals surface area contributed by atoms with Crippen molar-refractivity contribution in [3.63, 3.8) is 0 Å². The first-order valence-corrected chi connectivity index (χ1v) is 6.05. The third-order valence-electron chi connectivity index (χ3n) is 2.40. The molecule has 2 rings (SSSR count). The number of carbonyl (C=O) groups excluding carboxylic acids is 1. The summed E-state index contributed by atoms with van der Waals surface area (Å²) in [6.45, 7) is 1.66. The topological polar surface area (TPSA) is 42.0 Å². The first-order valence-electron chi connectivity index (χ1n) is 5.26. The molecule has 5 heteroatoms. The number of amides is 1. The summed E-state index contributed by atoms with van der Waals surface area (Å²) in [6, 6.07) is 7.97. The molecule has 1 amide bonds. The molecule has 0 bridgehead atoms. The van der Waals surface area contributed by atoms with Gasteiger partial charge in [0, 0.05) is 16.4 Å². The normalized spacial score (nSPS) is 10.2. The Balaban J connectivity index is 2.22. The Morgan fingerprint density at radius 2 is 2.17 bits per heavy atom. The molecule has 18 heavy (non-hydrogen) atoms. The van der Waals surface area contributed by atoms with Gasteiger partial charge in [0.1, 0.15) is 11.5 Å². The minimum Gasteiger partial charge on any atom is -0.321 e.